The zero-order valence-corrected chi connectivity index (χ0v) is 14.7. The van der Waals surface area contributed by atoms with Crippen LogP contribution in [0.1, 0.15) is 16.8 Å². The highest BCUT2D eigenvalue weighted by atomic mass is 35.5. The summed E-state index contributed by atoms with van der Waals surface area (Å²) in [5.74, 6) is 0.105. The van der Waals surface area contributed by atoms with Crippen LogP contribution in [0, 0.1) is 0 Å². The molecule has 4 amide bonds. The highest BCUT2D eigenvalue weighted by Crippen LogP contribution is 2.31. The van der Waals surface area contributed by atoms with Crippen molar-refractivity contribution in [1.82, 2.24) is 15.5 Å². The fourth-order valence-corrected chi connectivity index (χ4v) is 2.88. The van der Waals surface area contributed by atoms with Crippen molar-refractivity contribution < 1.29 is 19.1 Å². The Hall–Kier alpha value is -2.32. The molecule has 2 aliphatic rings. The number of nitrogens with one attached hydrogen (secondary N) is 2. The number of benzene rings is 1. The van der Waals surface area contributed by atoms with Crippen LogP contribution >= 0.6 is 12.4 Å². The molecule has 0 spiro atoms. The van der Waals surface area contributed by atoms with E-state index in [-0.39, 0.29) is 37.2 Å². The average molecular weight is 369 g/mol. The number of hydrogen-bond acceptors (Lipinski definition) is 5. The van der Waals surface area contributed by atoms with Gasteiger partial charge < -0.3 is 15.0 Å². The molecule has 0 saturated carbocycles. The van der Waals surface area contributed by atoms with Gasteiger partial charge in [0.2, 0.25) is 5.91 Å². The van der Waals surface area contributed by atoms with Crippen molar-refractivity contribution in [3.8, 4) is 5.75 Å². The van der Waals surface area contributed by atoms with E-state index in [9.17, 15) is 14.4 Å². The molecule has 0 unspecified atom stereocenters. The molecular weight excluding hydrogens is 348 g/mol. The van der Waals surface area contributed by atoms with Crippen LogP contribution in [0.4, 0.5) is 10.5 Å². The number of ether oxygens (including phenoxy) is 1. The third kappa shape index (κ3) is 4.02. The maximum absolute atomic E-state index is 12.7. The molecule has 0 atom stereocenters. The van der Waals surface area contributed by atoms with Crippen LogP contribution in [0.25, 0.3) is 0 Å². The van der Waals surface area contributed by atoms with Gasteiger partial charge in [0, 0.05) is 44.7 Å². The second kappa shape index (κ2) is 8.17. The van der Waals surface area contributed by atoms with E-state index >= 15 is 0 Å². The first-order valence-electron chi connectivity index (χ1n) is 7.89. The summed E-state index contributed by atoms with van der Waals surface area (Å²) in [6.07, 6.45) is 0.213. The van der Waals surface area contributed by atoms with Gasteiger partial charge >= 0.3 is 6.03 Å². The minimum Gasteiger partial charge on any atom is -0.495 e. The molecule has 2 N–H and O–H groups in total. The lowest BCUT2D eigenvalue weighted by atomic mass is 10.1. The Bertz CT molecular complexity index is 676. The molecule has 25 heavy (non-hydrogen) atoms. The summed E-state index contributed by atoms with van der Waals surface area (Å²) >= 11 is 0. The highest BCUT2D eigenvalue weighted by molar-refractivity contribution is 6.07. The van der Waals surface area contributed by atoms with E-state index in [1.54, 1.807) is 23.1 Å². The van der Waals surface area contributed by atoms with Crippen LogP contribution in [-0.4, -0.2) is 62.6 Å². The minimum absolute atomic E-state index is 0. The summed E-state index contributed by atoms with van der Waals surface area (Å²) in [5, 5.41) is 5.49. The number of amides is 4. The standard InChI is InChI=1S/C16H20N4O4.ClH/c1-24-13-3-2-11(15(22)19-8-5-17-6-9-19)10-12(13)20-7-4-14(21)18-16(20)23;/h2-3,10,17H,4-9H2,1H3,(H,18,21,23);1H. The first kappa shape index (κ1) is 19.0. The second-order valence-corrected chi connectivity index (χ2v) is 5.68. The summed E-state index contributed by atoms with van der Waals surface area (Å²) in [6, 6.07) is 4.52. The molecule has 1 aromatic rings. The molecule has 0 aliphatic carbocycles. The minimum atomic E-state index is -0.503. The molecule has 0 aromatic heterocycles. The molecule has 1 aromatic carbocycles. The smallest absolute Gasteiger partial charge is 0.328 e. The van der Waals surface area contributed by atoms with Gasteiger partial charge in [0.1, 0.15) is 5.75 Å². The molecule has 9 heteroatoms. The number of piperazine rings is 1. The van der Waals surface area contributed by atoms with E-state index in [1.165, 1.54) is 12.0 Å². The molecule has 136 valence electrons. The lowest BCUT2D eigenvalue weighted by molar-refractivity contribution is -0.120. The summed E-state index contributed by atoms with van der Waals surface area (Å²) in [6.45, 7) is 3.10. The number of rotatable bonds is 3. The number of carbonyl (C=O) groups excluding carboxylic acids is 3. The van der Waals surface area contributed by atoms with Crippen LogP contribution in [0.3, 0.4) is 0 Å². The molecule has 3 rings (SSSR count). The average Bonchev–Trinajstić information content (AvgIpc) is 2.61. The largest absolute Gasteiger partial charge is 0.495 e. The van der Waals surface area contributed by atoms with Gasteiger partial charge in [-0.2, -0.15) is 0 Å². The maximum atomic E-state index is 12.7. The Balaban J connectivity index is 0.00000225. The van der Waals surface area contributed by atoms with E-state index in [2.05, 4.69) is 10.6 Å². The van der Waals surface area contributed by atoms with Gasteiger partial charge in [-0.1, -0.05) is 0 Å². The number of urea groups is 1. The SMILES string of the molecule is COc1ccc(C(=O)N2CCNCC2)cc1N1CCC(=O)NC1=O.Cl. The Labute approximate surface area is 151 Å². The number of hydrogen-bond donors (Lipinski definition) is 2. The normalized spacial score (nSPS) is 17.6. The Morgan fingerprint density at radius 3 is 2.52 bits per heavy atom. The maximum Gasteiger partial charge on any atom is 0.328 e. The van der Waals surface area contributed by atoms with Crippen LogP contribution < -0.4 is 20.3 Å². The predicted molar refractivity (Wildman–Crippen MR) is 94.5 cm³/mol. The van der Waals surface area contributed by atoms with Crippen LogP contribution in [-0.2, 0) is 4.79 Å². The van der Waals surface area contributed by atoms with Gasteiger partial charge in [-0.15, -0.1) is 12.4 Å². The zero-order chi connectivity index (χ0) is 17.1. The van der Waals surface area contributed by atoms with E-state index in [0.717, 1.165) is 13.1 Å². The molecule has 2 saturated heterocycles. The zero-order valence-electron chi connectivity index (χ0n) is 13.9. The van der Waals surface area contributed by atoms with Crippen molar-refractivity contribution >= 4 is 35.9 Å². The summed E-state index contributed by atoms with van der Waals surface area (Å²) < 4.78 is 5.31. The Kier molecular flexibility index (Phi) is 6.22. The van der Waals surface area contributed by atoms with Crippen LogP contribution in [0.15, 0.2) is 18.2 Å². The number of carbonyl (C=O) groups is 3. The van der Waals surface area contributed by atoms with Gasteiger partial charge in [0.25, 0.3) is 5.91 Å². The predicted octanol–water partition coefficient (Wildman–Crippen LogP) is 0.609. The second-order valence-electron chi connectivity index (χ2n) is 5.68. The molecule has 0 bridgehead atoms. The first-order valence-corrected chi connectivity index (χ1v) is 7.89. The topological polar surface area (TPSA) is 91.0 Å². The first-order chi connectivity index (χ1) is 11.6. The molecule has 0 radical (unpaired) electrons. The number of halogens is 1. The van der Waals surface area contributed by atoms with Crippen molar-refractivity contribution in [1.29, 1.82) is 0 Å². The van der Waals surface area contributed by atoms with Crippen LogP contribution in [0.5, 0.6) is 5.75 Å². The molecular formula is C16H21ClN4O4. The van der Waals surface area contributed by atoms with Crippen molar-refractivity contribution in [3.63, 3.8) is 0 Å². The fraction of sp³-hybridized carbons (Fsp3) is 0.438. The van der Waals surface area contributed by atoms with E-state index in [0.29, 0.717) is 30.1 Å². The van der Waals surface area contributed by atoms with Gasteiger partial charge in [-0.3, -0.25) is 19.8 Å². The van der Waals surface area contributed by atoms with Crippen molar-refractivity contribution in [2.75, 3.05) is 44.7 Å². The molecule has 2 fully saturated rings. The van der Waals surface area contributed by atoms with Crippen molar-refractivity contribution in [3.05, 3.63) is 23.8 Å². The Morgan fingerprint density at radius 1 is 1.16 bits per heavy atom. The number of methoxy groups -OCH3 is 1. The Morgan fingerprint density at radius 2 is 1.88 bits per heavy atom. The highest BCUT2D eigenvalue weighted by Gasteiger charge is 2.28. The lowest BCUT2D eigenvalue weighted by Gasteiger charge is -2.30. The number of anilines is 1. The van der Waals surface area contributed by atoms with Gasteiger partial charge in [-0.25, -0.2) is 4.79 Å². The van der Waals surface area contributed by atoms with Crippen LogP contribution in [0.2, 0.25) is 0 Å². The van der Waals surface area contributed by atoms with Crippen molar-refractivity contribution in [2.45, 2.75) is 6.42 Å². The monoisotopic (exact) mass is 368 g/mol. The molecule has 8 nitrogen and oxygen atoms in total. The fourth-order valence-electron chi connectivity index (χ4n) is 2.88. The van der Waals surface area contributed by atoms with Gasteiger partial charge in [0.05, 0.1) is 12.8 Å². The van der Waals surface area contributed by atoms with E-state index in [4.69, 9.17) is 4.74 Å². The van der Waals surface area contributed by atoms with Gasteiger partial charge in [-0.05, 0) is 18.2 Å². The number of nitrogens with zero attached hydrogens (tertiary/aromatic N) is 2. The number of imide groups is 1. The van der Waals surface area contributed by atoms with E-state index < -0.39 is 6.03 Å². The molecule has 2 aliphatic heterocycles. The van der Waals surface area contributed by atoms with E-state index in [1.807, 2.05) is 0 Å². The third-order valence-electron chi connectivity index (χ3n) is 4.17. The van der Waals surface area contributed by atoms with Crippen molar-refractivity contribution in [2.24, 2.45) is 0 Å². The molecule has 2 heterocycles. The summed E-state index contributed by atoms with van der Waals surface area (Å²) in [7, 11) is 1.50. The summed E-state index contributed by atoms with van der Waals surface area (Å²) in [4.78, 5) is 39.3. The quantitative estimate of drug-likeness (QED) is 0.815. The third-order valence-corrected chi connectivity index (χ3v) is 4.17. The summed E-state index contributed by atoms with van der Waals surface area (Å²) in [5.41, 5.74) is 0.987. The van der Waals surface area contributed by atoms with Gasteiger partial charge in [0.15, 0.2) is 0 Å². The lowest BCUT2D eigenvalue weighted by Crippen LogP contribution is -2.49.